The van der Waals surface area contributed by atoms with Crippen molar-refractivity contribution >= 4 is 23.0 Å². The number of nitrogens with zero attached hydrogens (tertiary/aromatic N) is 1. The minimum absolute atomic E-state index is 0.845. The van der Waals surface area contributed by atoms with Crippen LogP contribution in [0.3, 0.4) is 0 Å². The van der Waals surface area contributed by atoms with Gasteiger partial charge in [-0.3, -0.25) is 0 Å². The fourth-order valence-corrected chi connectivity index (χ4v) is 3.29. The molecule has 0 atom stereocenters. The Kier molecular flexibility index (Phi) is 5.26. The summed E-state index contributed by atoms with van der Waals surface area (Å²) in [7, 11) is 0. The highest BCUT2D eigenvalue weighted by molar-refractivity contribution is 7.80. The molecule has 0 spiro atoms. The van der Waals surface area contributed by atoms with Crippen LogP contribution in [0.5, 0.6) is 0 Å². The fraction of sp³-hybridized carbons (Fsp3) is 0.316. The van der Waals surface area contributed by atoms with E-state index in [1.165, 1.54) is 11.1 Å². The average molecular weight is 326 g/mol. The molecular formula is C19H24N3S+. The first-order valence-electron chi connectivity index (χ1n) is 8.21. The van der Waals surface area contributed by atoms with Crippen molar-refractivity contribution in [3.05, 3.63) is 65.7 Å². The second-order valence-corrected chi connectivity index (χ2v) is 6.53. The van der Waals surface area contributed by atoms with Crippen molar-refractivity contribution in [2.24, 2.45) is 0 Å². The molecule has 1 heterocycles. The summed E-state index contributed by atoms with van der Waals surface area (Å²) in [5, 5.41) is 4.24. The van der Waals surface area contributed by atoms with Crippen LogP contribution in [0, 0.1) is 6.92 Å². The normalized spacial score (nSPS) is 15.4. The van der Waals surface area contributed by atoms with Gasteiger partial charge >= 0.3 is 0 Å². The van der Waals surface area contributed by atoms with E-state index in [-0.39, 0.29) is 0 Å². The lowest BCUT2D eigenvalue weighted by Crippen LogP contribution is -3.13. The molecule has 1 aliphatic heterocycles. The summed E-state index contributed by atoms with van der Waals surface area (Å²) < 4.78 is 0. The van der Waals surface area contributed by atoms with Gasteiger partial charge < -0.3 is 15.1 Å². The molecule has 2 aromatic rings. The molecule has 0 aliphatic carbocycles. The Balaban J connectivity index is 1.50. The quantitative estimate of drug-likeness (QED) is 0.843. The van der Waals surface area contributed by atoms with Crippen molar-refractivity contribution in [3.63, 3.8) is 0 Å². The molecule has 2 N–H and O–H groups in total. The molecule has 3 rings (SSSR count). The topological polar surface area (TPSA) is 19.7 Å². The van der Waals surface area contributed by atoms with Gasteiger partial charge in [-0.05, 0) is 30.8 Å². The molecule has 0 aromatic heterocycles. The number of hydrogen-bond acceptors (Lipinski definition) is 1. The summed E-state index contributed by atoms with van der Waals surface area (Å²) in [6, 6.07) is 19.0. The molecule has 120 valence electrons. The van der Waals surface area contributed by atoms with E-state index in [9.17, 15) is 0 Å². The average Bonchev–Trinajstić information content (AvgIpc) is 2.58. The van der Waals surface area contributed by atoms with E-state index in [0.717, 1.165) is 43.5 Å². The van der Waals surface area contributed by atoms with Crippen LogP contribution in [0.25, 0.3) is 0 Å². The fourth-order valence-electron chi connectivity index (χ4n) is 2.99. The van der Waals surface area contributed by atoms with Gasteiger partial charge in [0.2, 0.25) is 0 Å². The third-order valence-corrected chi connectivity index (χ3v) is 4.80. The first kappa shape index (κ1) is 16.0. The zero-order valence-corrected chi connectivity index (χ0v) is 14.4. The summed E-state index contributed by atoms with van der Waals surface area (Å²) in [5.74, 6) is 0. The summed E-state index contributed by atoms with van der Waals surface area (Å²) in [6.45, 7) is 7.49. The number of thiocarbonyl (C=S) groups is 1. The molecule has 0 amide bonds. The Morgan fingerprint density at radius 3 is 2.39 bits per heavy atom. The van der Waals surface area contributed by atoms with E-state index in [1.807, 2.05) is 6.07 Å². The number of para-hydroxylation sites is 1. The van der Waals surface area contributed by atoms with E-state index in [2.05, 4.69) is 65.7 Å². The van der Waals surface area contributed by atoms with Gasteiger partial charge in [-0.25, -0.2) is 0 Å². The Morgan fingerprint density at radius 1 is 1.04 bits per heavy atom. The Hall–Kier alpha value is -1.91. The maximum atomic E-state index is 5.59. The highest BCUT2D eigenvalue weighted by Crippen LogP contribution is 2.14. The molecule has 23 heavy (non-hydrogen) atoms. The minimum Gasteiger partial charge on any atom is -0.338 e. The Bertz CT molecular complexity index is 649. The van der Waals surface area contributed by atoms with Crippen molar-refractivity contribution in [1.29, 1.82) is 0 Å². The molecule has 3 nitrogen and oxygen atoms in total. The van der Waals surface area contributed by atoms with E-state index in [4.69, 9.17) is 12.2 Å². The number of benzene rings is 2. The molecule has 1 aliphatic rings. The van der Waals surface area contributed by atoms with Crippen molar-refractivity contribution < 1.29 is 4.90 Å². The minimum atomic E-state index is 0.845. The monoisotopic (exact) mass is 326 g/mol. The van der Waals surface area contributed by atoms with Gasteiger partial charge in [0.15, 0.2) is 5.11 Å². The third-order valence-electron chi connectivity index (χ3n) is 4.44. The lowest BCUT2D eigenvalue weighted by atomic mass is 10.2. The second-order valence-electron chi connectivity index (χ2n) is 6.14. The Morgan fingerprint density at radius 2 is 1.70 bits per heavy atom. The maximum absolute atomic E-state index is 5.59. The summed E-state index contributed by atoms with van der Waals surface area (Å²) in [4.78, 5) is 3.92. The van der Waals surface area contributed by atoms with E-state index in [1.54, 1.807) is 4.90 Å². The van der Waals surface area contributed by atoms with Gasteiger partial charge in [0, 0.05) is 11.3 Å². The van der Waals surface area contributed by atoms with Crippen molar-refractivity contribution in [2.45, 2.75) is 13.5 Å². The van der Waals surface area contributed by atoms with Crippen molar-refractivity contribution in [3.8, 4) is 0 Å². The van der Waals surface area contributed by atoms with Crippen LogP contribution in [-0.4, -0.2) is 36.2 Å². The summed E-state index contributed by atoms with van der Waals surface area (Å²) in [6.07, 6.45) is 0. The largest absolute Gasteiger partial charge is 0.338 e. The number of hydrogen-bond donors (Lipinski definition) is 2. The number of piperazine rings is 1. The van der Waals surface area contributed by atoms with Crippen LogP contribution in [0.15, 0.2) is 54.6 Å². The molecule has 1 fully saturated rings. The Labute approximate surface area is 143 Å². The van der Waals surface area contributed by atoms with Crippen LogP contribution in [0.4, 0.5) is 5.69 Å². The SMILES string of the molecule is Cc1ccccc1NC(=S)N1CC[NH+](Cc2ccccc2)CC1. The van der Waals surface area contributed by atoms with E-state index >= 15 is 0 Å². The molecular weight excluding hydrogens is 302 g/mol. The molecule has 0 saturated carbocycles. The lowest BCUT2D eigenvalue weighted by molar-refractivity contribution is -0.917. The lowest BCUT2D eigenvalue weighted by Gasteiger charge is -2.34. The first-order chi connectivity index (χ1) is 11.2. The van der Waals surface area contributed by atoms with Crippen LogP contribution in [-0.2, 0) is 6.54 Å². The number of quaternary nitrogens is 1. The van der Waals surface area contributed by atoms with Crippen LogP contribution in [0.2, 0.25) is 0 Å². The number of aryl methyl sites for hydroxylation is 1. The zero-order chi connectivity index (χ0) is 16.1. The summed E-state index contributed by atoms with van der Waals surface area (Å²) in [5.41, 5.74) is 3.75. The smallest absolute Gasteiger partial charge is 0.173 e. The molecule has 0 radical (unpaired) electrons. The highest BCUT2D eigenvalue weighted by atomic mass is 32.1. The second kappa shape index (κ2) is 7.57. The maximum Gasteiger partial charge on any atom is 0.173 e. The van der Waals surface area contributed by atoms with Gasteiger partial charge in [-0.2, -0.15) is 0 Å². The van der Waals surface area contributed by atoms with Gasteiger partial charge in [0.05, 0.1) is 26.2 Å². The molecule has 4 heteroatoms. The molecule has 0 unspecified atom stereocenters. The van der Waals surface area contributed by atoms with Crippen molar-refractivity contribution in [1.82, 2.24) is 4.90 Å². The molecule has 2 aromatic carbocycles. The van der Waals surface area contributed by atoms with Crippen LogP contribution in [0.1, 0.15) is 11.1 Å². The number of rotatable bonds is 3. The predicted octanol–water partition coefficient (Wildman–Crippen LogP) is 2.09. The summed E-state index contributed by atoms with van der Waals surface area (Å²) >= 11 is 5.59. The van der Waals surface area contributed by atoms with Gasteiger partial charge in [-0.15, -0.1) is 0 Å². The molecule has 1 saturated heterocycles. The highest BCUT2D eigenvalue weighted by Gasteiger charge is 2.21. The van der Waals surface area contributed by atoms with Crippen LogP contribution >= 0.6 is 12.2 Å². The van der Waals surface area contributed by atoms with E-state index in [0.29, 0.717) is 0 Å². The van der Waals surface area contributed by atoms with E-state index < -0.39 is 0 Å². The third kappa shape index (κ3) is 4.30. The van der Waals surface area contributed by atoms with Crippen LogP contribution < -0.4 is 10.2 Å². The number of anilines is 1. The zero-order valence-electron chi connectivity index (χ0n) is 13.6. The predicted molar refractivity (Wildman–Crippen MR) is 99.8 cm³/mol. The van der Waals surface area contributed by atoms with Gasteiger partial charge in [-0.1, -0.05) is 48.5 Å². The van der Waals surface area contributed by atoms with Crippen molar-refractivity contribution in [2.75, 3.05) is 31.5 Å². The number of nitrogens with one attached hydrogen (secondary N) is 2. The first-order valence-corrected chi connectivity index (χ1v) is 8.62. The van der Waals surface area contributed by atoms with Gasteiger partial charge in [0.25, 0.3) is 0 Å². The van der Waals surface area contributed by atoms with Gasteiger partial charge in [0.1, 0.15) is 6.54 Å². The molecule has 0 bridgehead atoms. The standard InChI is InChI=1S/C19H23N3S/c1-16-7-5-6-10-18(16)20-19(23)22-13-11-21(12-14-22)15-17-8-3-2-4-9-17/h2-10H,11-15H2,1H3,(H,20,23)/p+1.